The van der Waals surface area contributed by atoms with Gasteiger partial charge in [-0.3, -0.25) is 4.98 Å². The van der Waals surface area contributed by atoms with E-state index in [2.05, 4.69) is 45.3 Å². The number of aromatic amines is 1. The summed E-state index contributed by atoms with van der Waals surface area (Å²) in [6.07, 6.45) is 9.06. The van der Waals surface area contributed by atoms with Crippen LogP contribution in [0, 0.1) is 6.92 Å². The number of benzene rings is 1. The summed E-state index contributed by atoms with van der Waals surface area (Å²) < 4.78 is 0. The van der Waals surface area contributed by atoms with Crippen LogP contribution in [0.3, 0.4) is 0 Å². The fourth-order valence-corrected chi connectivity index (χ4v) is 4.87. The average molecular weight is 441 g/mol. The van der Waals surface area contributed by atoms with E-state index >= 15 is 0 Å². The second kappa shape index (κ2) is 9.80. The van der Waals surface area contributed by atoms with Gasteiger partial charge in [-0.2, -0.15) is 0 Å². The first-order valence-corrected chi connectivity index (χ1v) is 11.6. The number of hydrogen-bond donors (Lipinski definition) is 2. The zero-order valence-electron chi connectivity index (χ0n) is 17.5. The van der Waals surface area contributed by atoms with Crippen LogP contribution in [-0.4, -0.2) is 32.6 Å². The molecule has 0 saturated heterocycles. The number of pyridine rings is 1. The fraction of sp³-hybridized carbons (Fsp3) is 0.417. The standard InChI is InChI=1S/C24H29ClN4S/c1-17-21(22-15-18(25)10-11-23(22)27-17)12-14-29(16-20-9-5-6-13-26-20)24(30)28-19-7-3-2-4-8-19/h5-6,9-11,13,15,19,27H,2-4,7-8,12,14,16H2,1H3,(H,28,30). The van der Waals surface area contributed by atoms with Gasteiger partial charge in [0.15, 0.2) is 5.11 Å². The molecule has 30 heavy (non-hydrogen) atoms. The molecule has 0 radical (unpaired) electrons. The van der Waals surface area contributed by atoms with Gasteiger partial charge in [-0.25, -0.2) is 0 Å². The average Bonchev–Trinajstić information content (AvgIpc) is 3.07. The smallest absolute Gasteiger partial charge is 0.169 e. The Morgan fingerprint density at radius 1 is 1.23 bits per heavy atom. The Morgan fingerprint density at radius 3 is 2.83 bits per heavy atom. The van der Waals surface area contributed by atoms with E-state index in [9.17, 15) is 0 Å². The van der Waals surface area contributed by atoms with Crippen molar-refractivity contribution in [3.8, 4) is 0 Å². The van der Waals surface area contributed by atoms with Gasteiger partial charge in [0.1, 0.15) is 0 Å². The predicted octanol–water partition coefficient (Wildman–Crippen LogP) is 5.78. The third kappa shape index (κ3) is 5.13. The molecular weight excluding hydrogens is 412 g/mol. The summed E-state index contributed by atoms with van der Waals surface area (Å²) in [5.41, 5.74) is 4.66. The third-order valence-electron chi connectivity index (χ3n) is 6.01. The number of thiocarbonyl (C=S) groups is 1. The molecule has 1 aliphatic rings. The number of H-pyrrole nitrogens is 1. The topological polar surface area (TPSA) is 44.0 Å². The van der Waals surface area contributed by atoms with Gasteiger partial charge in [-0.15, -0.1) is 0 Å². The monoisotopic (exact) mass is 440 g/mol. The van der Waals surface area contributed by atoms with E-state index in [4.69, 9.17) is 23.8 Å². The maximum Gasteiger partial charge on any atom is 0.169 e. The molecule has 4 nitrogen and oxygen atoms in total. The van der Waals surface area contributed by atoms with Gasteiger partial charge < -0.3 is 15.2 Å². The van der Waals surface area contributed by atoms with E-state index in [-0.39, 0.29) is 0 Å². The molecule has 0 unspecified atom stereocenters. The number of aryl methyl sites for hydroxylation is 1. The molecule has 2 heterocycles. The minimum Gasteiger partial charge on any atom is -0.360 e. The molecule has 0 bridgehead atoms. The maximum atomic E-state index is 6.27. The second-order valence-corrected chi connectivity index (χ2v) is 9.02. The fourth-order valence-electron chi connectivity index (χ4n) is 4.38. The molecule has 6 heteroatoms. The molecule has 0 spiro atoms. The molecular formula is C24H29ClN4S. The van der Waals surface area contributed by atoms with Crippen LogP contribution in [0.1, 0.15) is 49.1 Å². The summed E-state index contributed by atoms with van der Waals surface area (Å²) in [7, 11) is 0. The number of halogens is 1. The summed E-state index contributed by atoms with van der Waals surface area (Å²) in [4.78, 5) is 10.3. The van der Waals surface area contributed by atoms with Crippen molar-refractivity contribution in [2.24, 2.45) is 0 Å². The Hall–Kier alpha value is -2.11. The summed E-state index contributed by atoms with van der Waals surface area (Å²) in [5, 5.41) is 6.43. The van der Waals surface area contributed by atoms with Gasteiger partial charge in [0, 0.05) is 40.4 Å². The van der Waals surface area contributed by atoms with Crippen molar-refractivity contribution >= 4 is 39.8 Å². The van der Waals surface area contributed by atoms with Crippen LogP contribution in [0.5, 0.6) is 0 Å². The van der Waals surface area contributed by atoms with E-state index < -0.39 is 0 Å². The van der Waals surface area contributed by atoms with E-state index in [0.29, 0.717) is 12.6 Å². The highest BCUT2D eigenvalue weighted by Crippen LogP contribution is 2.26. The number of nitrogens with one attached hydrogen (secondary N) is 2. The quantitative estimate of drug-likeness (QED) is 0.477. The van der Waals surface area contributed by atoms with Gasteiger partial charge in [0.25, 0.3) is 0 Å². The van der Waals surface area contributed by atoms with E-state index in [1.54, 1.807) is 0 Å². The lowest BCUT2D eigenvalue weighted by Crippen LogP contribution is -2.45. The first-order chi connectivity index (χ1) is 14.6. The van der Waals surface area contributed by atoms with Crippen molar-refractivity contribution in [1.82, 2.24) is 20.2 Å². The molecule has 4 rings (SSSR count). The van der Waals surface area contributed by atoms with Gasteiger partial charge >= 0.3 is 0 Å². The van der Waals surface area contributed by atoms with E-state index in [1.165, 1.54) is 48.7 Å². The van der Waals surface area contributed by atoms with Crippen LogP contribution < -0.4 is 5.32 Å². The molecule has 1 fully saturated rings. The number of nitrogens with zero attached hydrogens (tertiary/aromatic N) is 2. The van der Waals surface area contributed by atoms with Crippen LogP contribution >= 0.6 is 23.8 Å². The van der Waals surface area contributed by atoms with E-state index in [1.807, 2.05) is 24.4 Å². The SMILES string of the molecule is Cc1[nH]c2ccc(Cl)cc2c1CCN(Cc1ccccn1)C(=S)NC1CCCCC1. The zero-order valence-corrected chi connectivity index (χ0v) is 19.0. The van der Waals surface area contributed by atoms with Gasteiger partial charge in [0.2, 0.25) is 0 Å². The molecule has 2 N–H and O–H groups in total. The first-order valence-electron chi connectivity index (χ1n) is 10.8. The molecule has 1 aromatic carbocycles. The molecule has 2 aromatic heterocycles. The van der Waals surface area contributed by atoms with Crippen molar-refractivity contribution in [2.75, 3.05) is 6.54 Å². The highest BCUT2D eigenvalue weighted by atomic mass is 35.5. The molecule has 1 saturated carbocycles. The van der Waals surface area contributed by atoms with Crippen molar-refractivity contribution in [1.29, 1.82) is 0 Å². The maximum absolute atomic E-state index is 6.27. The number of hydrogen-bond acceptors (Lipinski definition) is 2. The Kier molecular flexibility index (Phi) is 6.90. The molecule has 1 aliphatic carbocycles. The number of fused-ring (bicyclic) bond motifs is 1. The lowest BCUT2D eigenvalue weighted by molar-refractivity contribution is 0.366. The molecule has 0 amide bonds. The van der Waals surface area contributed by atoms with Crippen LogP contribution in [-0.2, 0) is 13.0 Å². The molecule has 158 valence electrons. The van der Waals surface area contributed by atoms with Crippen LogP contribution in [0.25, 0.3) is 10.9 Å². The first kappa shape index (κ1) is 21.1. The minimum atomic E-state index is 0.492. The van der Waals surface area contributed by atoms with E-state index in [0.717, 1.165) is 34.3 Å². The Bertz CT molecular complexity index is 995. The van der Waals surface area contributed by atoms with Gasteiger partial charge in [-0.05, 0) is 74.3 Å². The van der Waals surface area contributed by atoms with Gasteiger partial charge in [0.05, 0.1) is 12.2 Å². The lowest BCUT2D eigenvalue weighted by atomic mass is 9.96. The summed E-state index contributed by atoms with van der Waals surface area (Å²) in [5.74, 6) is 0. The van der Waals surface area contributed by atoms with Crippen molar-refractivity contribution in [3.63, 3.8) is 0 Å². The lowest BCUT2D eigenvalue weighted by Gasteiger charge is -2.31. The summed E-state index contributed by atoms with van der Waals surface area (Å²) in [6.45, 7) is 3.67. The highest BCUT2D eigenvalue weighted by Gasteiger charge is 2.19. The van der Waals surface area contributed by atoms with Crippen molar-refractivity contribution in [3.05, 3.63) is 64.6 Å². The number of rotatable bonds is 6. The van der Waals surface area contributed by atoms with Gasteiger partial charge in [-0.1, -0.05) is 36.9 Å². The zero-order chi connectivity index (χ0) is 20.9. The predicted molar refractivity (Wildman–Crippen MR) is 129 cm³/mol. The minimum absolute atomic E-state index is 0.492. The Labute approximate surface area is 189 Å². The molecule has 3 aromatic rings. The second-order valence-electron chi connectivity index (χ2n) is 8.20. The number of aromatic nitrogens is 2. The summed E-state index contributed by atoms with van der Waals surface area (Å²) in [6, 6.07) is 12.6. The van der Waals surface area contributed by atoms with Crippen molar-refractivity contribution in [2.45, 2.75) is 58.0 Å². The summed E-state index contributed by atoms with van der Waals surface area (Å²) >= 11 is 12.1. The van der Waals surface area contributed by atoms with Crippen LogP contribution in [0.2, 0.25) is 5.02 Å². The Balaban J connectivity index is 1.51. The van der Waals surface area contributed by atoms with Crippen LogP contribution in [0.15, 0.2) is 42.6 Å². The Morgan fingerprint density at radius 2 is 2.07 bits per heavy atom. The largest absolute Gasteiger partial charge is 0.360 e. The normalized spacial score (nSPS) is 14.7. The van der Waals surface area contributed by atoms with Crippen LogP contribution in [0.4, 0.5) is 0 Å². The highest BCUT2D eigenvalue weighted by molar-refractivity contribution is 7.80. The van der Waals surface area contributed by atoms with Crippen molar-refractivity contribution < 1.29 is 0 Å². The third-order valence-corrected chi connectivity index (χ3v) is 6.62. The molecule has 0 aliphatic heterocycles. The molecule has 0 atom stereocenters.